The molecule has 6 nitrogen and oxygen atoms in total. The standard InChI is InChI=1S/C14H20N4O2S/c1-2-12(13-4-3-7-21-13)17-11-8-16-18(9-11)10-14(20)15-5-6-19/h3-4,7-9,12,17,19H,2,5-6,10H2,1H3,(H,15,20). The molecule has 2 aromatic heterocycles. The number of anilines is 1. The van der Waals surface area contributed by atoms with Crippen LogP contribution in [0, 0.1) is 0 Å². The van der Waals surface area contributed by atoms with E-state index >= 15 is 0 Å². The third-order valence-electron chi connectivity index (χ3n) is 3.01. The van der Waals surface area contributed by atoms with Gasteiger partial charge in [-0.1, -0.05) is 13.0 Å². The van der Waals surface area contributed by atoms with Gasteiger partial charge in [-0.2, -0.15) is 5.10 Å². The Morgan fingerprint density at radius 1 is 1.57 bits per heavy atom. The van der Waals surface area contributed by atoms with Crippen molar-refractivity contribution in [3.63, 3.8) is 0 Å². The summed E-state index contributed by atoms with van der Waals surface area (Å²) in [6.45, 7) is 2.49. The van der Waals surface area contributed by atoms with Gasteiger partial charge in [0.05, 0.1) is 24.5 Å². The Morgan fingerprint density at radius 3 is 3.10 bits per heavy atom. The van der Waals surface area contributed by atoms with Gasteiger partial charge in [0, 0.05) is 17.6 Å². The zero-order valence-corrected chi connectivity index (χ0v) is 12.8. The molecule has 0 aliphatic heterocycles. The van der Waals surface area contributed by atoms with Crippen molar-refractivity contribution in [2.75, 3.05) is 18.5 Å². The zero-order chi connectivity index (χ0) is 15.1. The van der Waals surface area contributed by atoms with E-state index in [1.165, 1.54) is 4.88 Å². The Kier molecular flexibility index (Phi) is 5.77. The largest absolute Gasteiger partial charge is 0.395 e. The summed E-state index contributed by atoms with van der Waals surface area (Å²) >= 11 is 1.72. The first-order valence-electron chi connectivity index (χ1n) is 6.93. The summed E-state index contributed by atoms with van der Waals surface area (Å²) in [5, 5.41) is 20.9. The maximum Gasteiger partial charge on any atom is 0.241 e. The summed E-state index contributed by atoms with van der Waals surface area (Å²) in [6, 6.07) is 4.41. The minimum atomic E-state index is -0.163. The third kappa shape index (κ3) is 4.57. The summed E-state index contributed by atoms with van der Waals surface area (Å²) in [6.07, 6.45) is 4.51. The SMILES string of the molecule is CCC(Nc1cnn(CC(=O)NCCO)c1)c1cccs1. The van der Waals surface area contributed by atoms with Crippen LogP contribution in [0.3, 0.4) is 0 Å². The van der Waals surface area contributed by atoms with Crippen molar-refractivity contribution in [3.05, 3.63) is 34.8 Å². The Labute approximate surface area is 127 Å². The lowest BCUT2D eigenvalue weighted by Gasteiger charge is -2.14. The molecule has 114 valence electrons. The molecule has 0 aliphatic rings. The highest BCUT2D eigenvalue weighted by Gasteiger charge is 2.11. The number of nitrogens with zero attached hydrogens (tertiary/aromatic N) is 2. The van der Waals surface area contributed by atoms with Crippen molar-refractivity contribution in [1.29, 1.82) is 0 Å². The fraction of sp³-hybridized carbons (Fsp3) is 0.429. The first-order valence-corrected chi connectivity index (χ1v) is 7.80. The van der Waals surface area contributed by atoms with E-state index in [0.717, 1.165) is 12.1 Å². The van der Waals surface area contributed by atoms with Crippen molar-refractivity contribution in [2.24, 2.45) is 0 Å². The van der Waals surface area contributed by atoms with E-state index in [1.54, 1.807) is 22.2 Å². The van der Waals surface area contributed by atoms with Gasteiger partial charge in [0.25, 0.3) is 0 Å². The molecule has 2 heterocycles. The van der Waals surface area contributed by atoms with Crippen LogP contribution in [-0.4, -0.2) is 33.9 Å². The second-order valence-corrected chi connectivity index (χ2v) is 5.60. The normalized spacial score (nSPS) is 12.1. The van der Waals surface area contributed by atoms with Gasteiger partial charge in [-0.3, -0.25) is 9.48 Å². The fourth-order valence-electron chi connectivity index (χ4n) is 1.99. The average molecular weight is 308 g/mol. The lowest BCUT2D eigenvalue weighted by atomic mass is 10.2. The molecule has 2 rings (SSSR count). The molecule has 0 aromatic carbocycles. The zero-order valence-electron chi connectivity index (χ0n) is 12.0. The molecule has 0 fully saturated rings. The van der Waals surface area contributed by atoms with Crippen LogP contribution in [0.15, 0.2) is 29.9 Å². The van der Waals surface area contributed by atoms with Crippen molar-refractivity contribution in [3.8, 4) is 0 Å². The second kappa shape index (κ2) is 7.80. The number of rotatable bonds is 8. The smallest absolute Gasteiger partial charge is 0.241 e. The van der Waals surface area contributed by atoms with Crippen LogP contribution in [-0.2, 0) is 11.3 Å². The third-order valence-corrected chi connectivity index (χ3v) is 3.99. The molecular weight excluding hydrogens is 288 g/mol. The highest BCUT2D eigenvalue weighted by molar-refractivity contribution is 7.10. The quantitative estimate of drug-likeness (QED) is 0.692. The van der Waals surface area contributed by atoms with E-state index in [-0.39, 0.29) is 31.6 Å². The molecule has 2 aromatic rings. The Morgan fingerprint density at radius 2 is 2.43 bits per heavy atom. The number of hydrogen-bond acceptors (Lipinski definition) is 5. The number of carbonyl (C=O) groups excluding carboxylic acids is 1. The molecule has 0 radical (unpaired) electrons. The van der Waals surface area contributed by atoms with Crippen molar-refractivity contribution < 1.29 is 9.90 Å². The summed E-state index contributed by atoms with van der Waals surface area (Å²) in [4.78, 5) is 12.8. The molecule has 0 saturated carbocycles. The van der Waals surface area contributed by atoms with Crippen molar-refractivity contribution in [2.45, 2.75) is 25.9 Å². The number of amides is 1. The molecule has 7 heteroatoms. The first kappa shape index (κ1) is 15.5. The van der Waals surface area contributed by atoms with Crippen LogP contribution in [0.4, 0.5) is 5.69 Å². The van der Waals surface area contributed by atoms with E-state index in [1.807, 2.05) is 12.3 Å². The molecule has 0 aliphatic carbocycles. The number of hydrogen-bond donors (Lipinski definition) is 3. The Bertz CT molecular complexity index is 553. The average Bonchev–Trinajstić information content (AvgIpc) is 3.14. The van der Waals surface area contributed by atoms with E-state index in [2.05, 4.69) is 34.1 Å². The van der Waals surface area contributed by atoms with Crippen LogP contribution in [0.25, 0.3) is 0 Å². The fourth-order valence-corrected chi connectivity index (χ4v) is 2.85. The first-order chi connectivity index (χ1) is 10.2. The topological polar surface area (TPSA) is 79.2 Å². The minimum Gasteiger partial charge on any atom is -0.395 e. The molecule has 1 unspecified atom stereocenters. The number of aliphatic hydroxyl groups excluding tert-OH is 1. The number of aromatic nitrogens is 2. The molecule has 0 bridgehead atoms. The number of thiophene rings is 1. The Balaban J connectivity index is 1.92. The van der Waals surface area contributed by atoms with Crippen LogP contribution in [0.1, 0.15) is 24.3 Å². The highest BCUT2D eigenvalue weighted by atomic mass is 32.1. The second-order valence-electron chi connectivity index (χ2n) is 4.62. The van der Waals surface area contributed by atoms with E-state index in [4.69, 9.17) is 5.11 Å². The molecule has 3 N–H and O–H groups in total. The van der Waals surface area contributed by atoms with Gasteiger partial charge in [0.15, 0.2) is 0 Å². The van der Waals surface area contributed by atoms with Gasteiger partial charge in [-0.15, -0.1) is 11.3 Å². The molecule has 1 atom stereocenters. The summed E-state index contributed by atoms with van der Waals surface area (Å²) in [5.41, 5.74) is 0.894. The number of nitrogens with one attached hydrogen (secondary N) is 2. The van der Waals surface area contributed by atoms with Gasteiger partial charge in [0.1, 0.15) is 6.54 Å². The van der Waals surface area contributed by atoms with Gasteiger partial charge < -0.3 is 15.7 Å². The number of carbonyl (C=O) groups is 1. The van der Waals surface area contributed by atoms with Crippen molar-refractivity contribution in [1.82, 2.24) is 15.1 Å². The summed E-state index contributed by atoms with van der Waals surface area (Å²) in [7, 11) is 0. The monoisotopic (exact) mass is 308 g/mol. The van der Waals surface area contributed by atoms with Crippen molar-refractivity contribution >= 4 is 22.9 Å². The van der Waals surface area contributed by atoms with Gasteiger partial charge >= 0.3 is 0 Å². The minimum absolute atomic E-state index is 0.0589. The highest BCUT2D eigenvalue weighted by Crippen LogP contribution is 2.25. The van der Waals surface area contributed by atoms with Gasteiger partial charge in [-0.25, -0.2) is 0 Å². The maximum absolute atomic E-state index is 11.5. The lowest BCUT2D eigenvalue weighted by Crippen LogP contribution is -2.30. The van der Waals surface area contributed by atoms with Crippen LogP contribution in [0.2, 0.25) is 0 Å². The van der Waals surface area contributed by atoms with Gasteiger partial charge in [0.2, 0.25) is 5.91 Å². The predicted molar refractivity (Wildman–Crippen MR) is 83.3 cm³/mol. The predicted octanol–water partition coefficient (Wildman–Crippen LogP) is 1.62. The Hall–Kier alpha value is -1.86. The molecule has 1 amide bonds. The summed E-state index contributed by atoms with van der Waals surface area (Å²) < 4.78 is 1.58. The molecule has 0 spiro atoms. The van der Waals surface area contributed by atoms with E-state index in [0.29, 0.717) is 0 Å². The molecule has 0 saturated heterocycles. The number of aliphatic hydroxyl groups is 1. The summed E-state index contributed by atoms with van der Waals surface area (Å²) in [5.74, 6) is -0.163. The van der Waals surface area contributed by atoms with Gasteiger partial charge in [-0.05, 0) is 17.9 Å². The van der Waals surface area contributed by atoms with Crippen LogP contribution in [0.5, 0.6) is 0 Å². The van der Waals surface area contributed by atoms with E-state index < -0.39 is 0 Å². The molecular formula is C14H20N4O2S. The lowest BCUT2D eigenvalue weighted by molar-refractivity contribution is -0.122. The van der Waals surface area contributed by atoms with Crippen LogP contribution >= 0.6 is 11.3 Å². The van der Waals surface area contributed by atoms with Crippen LogP contribution < -0.4 is 10.6 Å². The molecule has 21 heavy (non-hydrogen) atoms. The maximum atomic E-state index is 11.5. The van der Waals surface area contributed by atoms with E-state index in [9.17, 15) is 4.79 Å².